The van der Waals surface area contributed by atoms with Crippen LogP contribution >= 0.6 is 11.8 Å². The summed E-state index contributed by atoms with van der Waals surface area (Å²) in [5.74, 6) is 0.0212. The fraction of sp³-hybridized carbons (Fsp3) is 0.133. The number of hydrogen-bond donors (Lipinski definition) is 1. The van der Waals surface area contributed by atoms with E-state index in [1.165, 1.54) is 4.42 Å². The minimum atomic E-state index is -0.207. The summed E-state index contributed by atoms with van der Waals surface area (Å²) in [7, 11) is 0. The fourth-order valence-corrected chi connectivity index (χ4v) is 1.89. The van der Waals surface area contributed by atoms with Gasteiger partial charge in [0.15, 0.2) is 0 Å². The zero-order valence-electron chi connectivity index (χ0n) is 10.3. The minimum absolute atomic E-state index is 0.207. The highest BCUT2D eigenvalue weighted by molar-refractivity contribution is 6.24. The summed E-state index contributed by atoms with van der Waals surface area (Å²) in [6.45, 7) is 0.417. The maximum atomic E-state index is 12.0. The Hall–Kier alpha value is -2.00. The Kier molecular flexibility index (Phi) is 4.42. The molecule has 0 aliphatic heterocycles. The van der Waals surface area contributed by atoms with Gasteiger partial charge in [0.25, 0.3) is 5.91 Å². The molecule has 4 heteroatoms. The van der Waals surface area contributed by atoms with E-state index in [0.29, 0.717) is 18.5 Å². The molecule has 0 aliphatic rings. The van der Waals surface area contributed by atoms with Gasteiger partial charge in [-0.1, -0.05) is 30.3 Å². The Morgan fingerprint density at radius 3 is 2.32 bits per heavy atom. The minimum Gasteiger partial charge on any atom is -0.508 e. The van der Waals surface area contributed by atoms with E-state index in [1.807, 2.05) is 18.2 Å². The van der Waals surface area contributed by atoms with Gasteiger partial charge in [0, 0.05) is 23.9 Å². The van der Waals surface area contributed by atoms with Gasteiger partial charge in [-0.15, -0.1) is 0 Å². The number of hydrogen-bond acceptors (Lipinski definition) is 2. The lowest BCUT2D eigenvalue weighted by Crippen LogP contribution is -2.23. The second-order valence-corrected chi connectivity index (χ2v) is 4.58. The number of phenols is 1. The smallest absolute Gasteiger partial charge is 0.268 e. The zero-order chi connectivity index (χ0) is 13.7. The second-order valence-electron chi connectivity index (χ2n) is 4.17. The number of carbonyl (C=O) groups excluding carboxylic acids is 1. The molecule has 0 unspecified atom stereocenters. The Labute approximate surface area is 117 Å². The maximum Gasteiger partial charge on any atom is 0.268 e. The van der Waals surface area contributed by atoms with E-state index in [0.717, 1.165) is 5.56 Å². The third-order valence-corrected chi connectivity index (χ3v) is 3.10. The molecule has 0 bridgehead atoms. The normalized spacial score (nSPS) is 10.2. The SMILES string of the molecule is O=C(c1ccccc1)N(Cl)CCc1ccc(O)cc1. The molecule has 1 N–H and O–H groups in total. The quantitative estimate of drug-likeness (QED) is 0.871. The summed E-state index contributed by atoms with van der Waals surface area (Å²) in [5, 5.41) is 9.18. The van der Waals surface area contributed by atoms with E-state index < -0.39 is 0 Å². The van der Waals surface area contributed by atoms with Gasteiger partial charge in [0.1, 0.15) is 5.75 Å². The predicted molar refractivity (Wildman–Crippen MR) is 75.1 cm³/mol. The van der Waals surface area contributed by atoms with Crippen molar-refractivity contribution in [1.82, 2.24) is 4.42 Å². The number of benzene rings is 2. The Bertz CT molecular complexity index is 540. The second kappa shape index (κ2) is 6.25. The van der Waals surface area contributed by atoms with Gasteiger partial charge in [-0.3, -0.25) is 9.21 Å². The predicted octanol–water partition coefficient (Wildman–Crippen LogP) is 3.23. The molecule has 0 saturated heterocycles. The van der Waals surface area contributed by atoms with E-state index in [1.54, 1.807) is 36.4 Å². The van der Waals surface area contributed by atoms with Crippen LogP contribution in [-0.4, -0.2) is 22.0 Å². The van der Waals surface area contributed by atoms with Crippen LogP contribution in [0.2, 0.25) is 0 Å². The summed E-state index contributed by atoms with van der Waals surface area (Å²) in [6.07, 6.45) is 0.641. The summed E-state index contributed by atoms with van der Waals surface area (Å²) < 4.78 is 1.18. The largest absolute Gasteiger partial charge is 0.508 e. The van der Waals surface area contributed by atoms with Crippen LogP contribution in [0.1, 0.15) is 15.9 Å². The molecule has 0 atom stereocenters. The third-order valence-electron chi connectivity index (χ3n) is 2.77. The summed E-state index contributed by atoms with van der Waals surface area (Å²) in [6, 6.07) is 15.8. The lowest BCUT2D eigenvalue weighted by atomic mass is 10.1. The number of nitrogens with zero attached hydrogens (tertiary/aromatic N) is 1. The molecule has 0 radical (unpaired) electrons. The van der Waals surface area contributed by atoms with Gasteiger partial charge in [-0.2, -0.15) is 0 Å². The first-order valence-electron chi connectivity index (χ1n) is 5.97. The number of carbonyl (C=O) groups is 1. The van der Waals surface area contributed by atoms with Crippen LogP contribution in [0, 0.1) is 0 Å². The molecule has 2 aromatic rings. The van der Waals surface area contributed by atoms with Crippen molar-refractivity contribution in [2.24, 2.45) is 0 Å². The third kappa shape index (κ3) is 3.73. The Balaban J connectivity index is 1.92. The molecule has 0 heterocycles. The lowest BCUT2D eigenvalue weighted by molar-refractivity contribution is 0.0864. The van der Waals surface area contributed by atoms with Crippen LogP contribution in [0.15, 0.2) is 54.6 Å². The van der Waals surface area contributed by atoms with Crippen molar-refractivity contribution in [3.8, 4) is 5.75 Å². The monoisotopic (exact) mass is 275 g/mol. The number of amides is 1. The maximum absolute atomic E-state index is 12.0. The molecule has 0 aromatic heterocycles. The summed E-state index contributed by atoms with van der Waals surface area (Å²) in [5.41, 5.74) is 1.59. The Morgan fingerprint density at radius 1 is 1.05 bits per heavy atom. The number of rotatable bonds is 4. The average molecular weight is 276 g/mol. The molecule has 0 spiro atoms. The van der Waals surface area contributed by atoms with Gasteiger partial charge in [0.2, 0.25) is 0 Å². The van der Waals surface area contributed by atoms with Crippen molar-refractivity contribution in [2.45, 2.75) is 6.42 Å². The van der Waals surface area contributed by atoms with Crippen molar-refractivity contribution in [3.05, 3.63) is 65.7 Å². The van der Waals surface area contributed by atoms with Crippen molar-refractivity contribution in [2.75, 3.05) is 6.54 Å². The molecule has 2 aromatic carbocycles. The molecule has 0 aliphatic carbocycles. The van der Waals surface area contributed by atoms with Crippen LogP contribution in [0.3, 0.4) is 0 Å². The molecule has 2 rings (SSSR count). The topological polar surface area (TPSA) is 40.5 Å². The van der Waals surface area contributed by atoms with Crippen LogP contribution in [0.25, 0.3) is 0 Å². The first-order valence-corrected chi connectivity index (χ1v) is 6.31. The highest BCUT2D eigenvalue weighted by Gasteiger charge is 2.12. The average Bonchev–Trinajstić information content (AvgIpc) is 2.46. The van der Waals surface area contributed by atoms with Gasteiger partial charge in [-0.25, -0.2) is 0 Å². The van der Waals surface area contributed by atoms with Gasteiger partial charge in [-0.05, 0) is 36.2 Å². The lowest BCUT2D eigenvalue weighted by Gasteiger charge is -2.13. The molecule has 1 amide bonds. The molecule has 19 heavy (non-hydrogen) atoms. The zero-order valence-corrected chi connectivity index (χ0v) is 11.0. The molecule has 0 fully saturated rings. The molecular weight excluding hydrogens is 262 g/mol. The van der Waals surface area contributed by atoms with Crippen LogP contribution in [0.4, 0.5) is 0 Å². The molecule has 98 valence electrons. The summed E-state index contributed by atoms with van der Waals surface area (Å²) >= 11 is 5.98. The fourth-order valence-electron chi connectivity index (χ4n) is 1.71. The number of phenolic OH excluding ortho intramolecular Hbond substituents is 1. The van der Waals surface area contributed by atoms with Crippen molar-refractivity contribution in [3.63, 3.8) is 0 Å². The first kappa shape index (κ1) is 13.4. The van der Waals surface area contributed by atoms with E-state index >= 15 is 0 Å². The molecular formula is C15H14ClNO2. The van der Waals surface area contributed by atoms with E-state index in [4.69, 9.17) is 11.8 Å². The van der Waals surface area contributed by atoms with E-state index in [-0.39, 0.29) is 11.7 Å². The van der Waals surface area contributed by atoms with Crippen LogP contribution in [0.5, 0.6) is 5.75 Å². The molecule has 0 saturated carbocycles. The van der Waals surface area contributed by atoms with Gasteiger partial charge >= 0.3 is 0 Å². The highest BCUT2D eigenvalue weighted by Crippen LogP contribution is 2.12. The van der Waals surface area contributed by atoms with Crippen LogP contribution < -0.4 is 0 Å². The van der Waals surface area contributed by atoms with E-state index in [2.05, 4.69) is 0 Å². The van der Waals surface area contributed by atoms with E-state index in [9.17, 15) is 9.90 Å². The van der Waals surface area contributed by atoms with Crippen molar-refractivity contribution >= 4 is 17.7 Å². The van der Waals surface area contributed by atoms with Crippen LogP contribution in [-0.2, 0) is 6.42 Å². The summed E-state index contributed by atoms with van der Waals surface area (Å²) in [4.78, 5) is 12.0. The highest BCUT2D eigenvalue weighted by atomic mass is 35.5. The molecule has 3 nitrogen and oxygen atoms in total. The van der Waals surface area contributed by atoms with Gasteiger partial charge in [0.05, 0.1) is 0 Å². The Morgan fingerprint density at radius 2 is 1.68 bits per heavy atom. The standard InChI is InChI=1S/C15H14ClNO2/c16-17(15(19)13-4-2-1-3-5-13)11-10-12-6-8-14(18)9-7-12/h1-9,18H,10-11H2. The van der Waals surface area contributed by atoms with Gasteiger partial charge < -0.3 is 5.11 Å². The van der Waals surface area contributed by atoms with Crippen molar-refractivity contribution < 1.29 is 9.90 Å². The number of aromatic hydroxyl groups is 1. The van der Waals surface area contributed by atoms with Crippen molar-refractivity contribution in [1.29, 1.82) is 0 Å². The number of halogens is 1. The first-order chi connectivity index (χ1) is 9.16.